The Morgan fingerprint density at radius 2 is 2.29 bits per heavy atom. The molecule has 24 heavy (non-hydrogen) atoms. The molecule has 2 N–H and O–H groups in total. The lowest BCUT2D eigenvalue weighted by molar-refractivity contribution is 0.0870. The minimum absolute atomic E-state index is 0.110. The highest BCUT2D eigenvalue weighted by molar-refractivity contribution is 6.03. The average molecular weight is 329 g/mol. The van der Waals surface area contributed by atoms with Gasteiger partial charge in [0.05, 0.1) is 11.5 Å². The SMILES string of the molecule is COC1CCN([C@@H]2CCC[C@@H]2NC(=O)c2ncnc3[nH]ccc23)C1. The van der Waals surface area contributed by atoms with Gasteiger partial charge in [-0.3, -0.25) is 9.69 Å². The first-order chi connectivity index (χ1) is 11.8. The van der Waals surface area contributed by atoms with Crippen molar-refractivity contribution in [2.24, 2.45) is 0 Å². The molecule has 7 nitrogen and oxygen atoms in total. The van der Waals surface area contributed by atoms with E-state index in [-0.39, 0.29) is 11.9 Å². The molecule has 2 aromatic heterocycles. The number of amides is 1. The number of carbonyl (C=O) groups is 1. The summed E-state index contributed by atoms with van der Waals surface area (Å²) in [5, 5.41) is 3.98. The van der Waals surface area contributed by atoms with Crippen LogP contribution < -0.4 is 5.32 Å². The molecule has 2 aliphatic rings. The molecule has 4 rings (SSSR count). The van der Waals surface area contributed by atoms with Crippen LogP contribution in [0, 0.1) is 0 Å². The number of rotatable bonds is 4. The molecule has 7 heteroatoms. The van der Waals surface area contributed by atoms with Crippen LogP contribution in [0.3, 0.4) is 0 Å². The number of nitrogens with zero attached hydrogens (tertiary/aromatic N) is 3. The second kappa shape index (κ2) is 6.49. The summed E-state index contributed by atoms with van der Waals surface area (Å²) in [7, 11) is 1.78. The van der Waals surface area contributed by atoms with Crippen molar-refractivity contribution in [2.75, 3.05) is 20.2 Å². The van der Waals surface area contributed by atoms with Gasteiger partial charge in [0.1, 0.15) is 17.7 Å². The third-order valence-electron chi connectivity index (χ3n) is 5.34. The van der Waals surface area contributed by atoms with E-state index in [9.17, 15) is 4.79 Å². The predicted octanol–water partition coefficient (Wildman–Crippen LogP) is 1.33. The second-order valence-electron chi connectivity index (χ2n) is 6.68. The molecule has 0 aromatic carbocycles. The van der Waals surface area contributed by atoms with E-state index < -0.39 is 0 Å². The van der Waals surface area contributed by atoms with Gasteiger partial charge in [-0.25, -0.2) is 9.97 Å². The lowest BCUT2D eigenvalue weighted by Crippen LogP contribution is -2.48. The van der Waals surface area contributed by atoms with Gasteiger partial charge >= 0.3 is 0 Å². The molecule has 1 saturated carbocycles. The van der Waals surface area contributed by atoms with E-state index in [4.69, 9.17) is 4.74 Å². The average Bonchev–Trinajstić information content (AvgIpc) is 3.33. The van der Waals surface area contributed by atoms with E-state index in [1.165, 1.54) is 6.33 Å². The van der Waals surface area contributed by atoms with Gasteiger partial charge in [-0.1, -0.05) is 0 Å². The predicted molar refractivity (Wildman–Crippen MR) is 89.8 cm³/mol. The maximum atomic E-state index is 12.7. The molecule has 3 atom stereocenters. The maximum Gasteiger partial charge on any atom is 0.270 e. The Balaban J connectivity index is 1.48. The van der Waals surface area contributed by atoms with Crippen molar-refractivity contribution in [3.05, 3.63) is 24.3 Å². The minimum atomic E-state index is -0.110. The Hall–Kier alpha value is -1.99. The van der Waals surface area contributed by atoms with Gasteiger partial charge in [0.15, 0.2) is 0 Å². The number of H-pyrrole nitrogens is 1. The highest BCUT2D eigenvalue weighted by Crippen LogP contribution is 2.28. The van der Waals surface area contributed by atoms with E-state index in [1.54, 1.807) is 13.3 Å². The monoisotopic (exact) mass is 329 g/mol. The normalized spacial score (nSPS) is 27.8. The Kier molecular flexibility index (Phi) is 4.20. The number of nitrogens with one attached hydrogen (secondary N) is 2. The fraction of sp³-hybridized carbons (Fsp3) is 0.588. The first-order valence-electron chi connectivity index (χ1n) is 8.62. The smallest absolute Gasteiger partial charge is 0.270 e. The van der Waals surface area contributed by atoms with Crippen molar-refractivity contribution in [1.82, 2.24) is 25.2 Å². The van der Waals surface area contributed by atoms with Crippen LogP contribution in [0.5, 0.6) is 0 Å². The zero-order valence-electron chi connectivity index (χ0n) is 13.9. The van der Waals surface area contributed by atoms with Crippen molar-refractivity contribution >= 4 is 16.9 Å². The number of fused-ring (bicyclic) bond motifs is 1. The quantitative estimate of drug-likeness (QED) is 0.884. The van der Waals surface area contributed by atoms with Crippen molar-refractivity contribution in [2.45, 2.75) is 43.9 Å². The summed E-state index contributed by atoms with van der Waals surface area (Å²) in [6, 6.07) is 2.43. The zero-order chi connectivity index (χ0) is 16.5. The molecule has 1 aliphatic heterocycles. The van der Waals surface area contributed by atoms with Gasteiger partial charge in [-0.2, -0.15) is 0 Å². The van der Waals surface area contributed by atoms with Crippen molar-refractivity contribution in [3.8, 4) is 0 Å². The van der Waals surface area contributed by atoms with Crippen LogP contribution >= 0.6 is 0 Å². The third kappa shape index (κ3) is 2.78. The fourth-order valence-corrected chi connectivity index (χ4v) is 4.08. The van der Waals surface area contributed by atoms with Crippen LogP contribution in [0.1, 0.15) is 36.2 Å². The summed E-state index contributed by atoms with van der Waals surface area (Å²) < 4.78 is 5.48. The molecule has 1 aliphatic carbocycles. The molecule has 1 saturated heterocycles. The van der Waals surface area contributed by atoms with Gasteiger partial charge in [0, 0.05) is 38.5 Å². The fourth-order valence-electron chi connectivity index (χ4n) is 4.08. The molecule has 1 amide bonds. The highest BCUT2D eigenvalue weighted by Gasteiger charge is 2.37. The molecule has 128 valence electrons. The van der Waals surface area contributed by atoms with Gasteiger partial charge in [-0.05, 0) is 31.7 Å². The number of aromatic amines is 1. The second-order valence-corrected chi connectivity index (χ2v) is 6.68. The Morgan fingerprint density at radius 1 is 1.38 bits per heavy atom. The largest absolute Gasteiger partial charge is 0.380 e. The van der Waals surface area contributed by atoms with Crippen LogP contribution in [0.15, 0.2) is 18.6 Å². The molecule has 0 spiro atoms. The van der Waals surface area contributed by atoms with E-state index in [1.807, 2.05) is 6.07 Å². The summed E-state index contributed by atoms with van der Waals surface area (Å²) in [4.78, 5) is 26.6. The summed E-state index contributed by atoms with van der Waals surface area (Å²) in [5.41, 5.74) is 1.14. The van der Waals surface area contributed by atoms with Gasteiger partial charge in [0.25, 0.3) is 5.91 Å². The number of methoxy groups -OCH3 is 1. The Bertz CT molecular complexity index is 731. The number of aromatic nitrogens is 3. The Morgan fingerprint density at radius 3 is 3.12 bits per heavy atom. The summed E-state index contributed by atoms with van der Waals surface area (Å²) in [6.07, 6.45) is 7.91. The maximum absolute atomic E-state index is 12.7. The van der Waals surface area contributed by atoms with Crippen molar-refractivity contribution < 1.29 is 9.53 Å². The summed E-state index contributed by atoms with van der Waals surface area (Å²) in [6.45, 7) is 2.01. The molecule has 3 heterocycles. The number of hydrogen-bond acceptors (Lipinski definition) is 5. The van der Waals surface area contributed by atoms with E-state index in [0.717, 1.165) is 44.2 Å². The zero-order valence-corrected chi connectivity index (χ0v) is 13.9. The number of hydrogen-bond donors (Lipinski definition) is 2. The molecule has 2 aromatic rings. The lowest BCUT2D eigenvalue weighted by atomic mass is 10.1. The summed E-state index contributed by atoms with van der Waals surface area (Å²) >= 11 is 0. The molecule has 0 radical (unpaired) electrons. The van der Waals surface area contributed by atoms with Gasteiger partial charge in [0.2, 0.25) is 0 Å². The minimum Gasteiger partial charge on any atom is -0.380 e. The molecule has 0 bridgehead atoms. The highest BCUT2D eigenvalue weighted by atomic mass is 16.5. The molecule has 2 fully saturated rings. The number of carbonyl (C=O) groups excluding carboxylic acids is 1. The molecular weight excluding hydrogens is 306 g/mol. The van der Waals surface area contributed by atoms with Gasteiger partial charge in [-0.15, -0.1) is 0 Å². The van der Waals surface area contributed by atoms with Crippen molar-refractivity contribution in [3.63, 3.8) is 0 Å². The van der Waals surface area contributed by atoms with Crippen LogP contribution in [0.4, 0.5) is 0 Å². The first-order valence-corrected chi connectivity index (χ1v) is 8.62. The number of ether oxygens (including phenoxy) is 1. The van der Waals surface area contributed by atoms with E-state index >= 15 is 0 Å². The molecular formula is C17H23N5O2. The third-order valence-corrected chi connectivity index (χ3v) is 5.34. The molecule has 1 unspecified atom stereocenters. The van der Waals surface area contributed by atoms with Crippen LogP contribution in [-0.2, 0) is 4.74 Å². The standard InChI is InChI=1S/C17H23N5O2/c1-24-11-6-8-22(9-11)14-4-2-3-13(14)21-17(23)15-12-5-7-18-16(12)20-10-19-15/h5,7,10-11,13-14H,2-4,6,8-9H2,1H3,(H,21,23)(H,18,19,20)/t11?,13-,14+/m0/s1. The van der Waals surface area contributed by atoms with Crippen LogP contribution in [-0.4, -0.2) is 64.1 Å². The topological polar surface area (TPSA) is 83.1 Å². The van der Waals surface area contributed by atoms with Crippen LogP contribution in [0.2, 0.25) is 0 Å². The van der Waals surface area contributed by atoms with E-state index in [0.29, 0.717) is 23.5 Å². The number of likely N-dealkylation sites (tertiary alicyclic amines) is 1. The van der Waals surface area contributed by atoms with Crippen LogP contribution in [0.25, 0.3) is 11.0 Å². The van der Waals surface area contributed by atoms with E-state index in [2.05, 4.69) is 25.2 Å². The Labute approximate surface area is 140 Å². The first kappa shape index (κ1) is 15.5. The summed E-state index contributed by atoms with van der Waals surface area (Å²) in [5.74, 6) is -0.110. The van der Waals surface area contributed by atoms with Gasteiger partial charge < -0.3 is 15.0 Å². The van der Waals surface area contributed by atoms with Crippen molar-refractivity contribution in [1.29, 1.82) is 0 Å². The lowest BCUT2D eigenvalue weighted by Gasteiger charge is -2.29.